The molecule has 6 rings (SSSR count). The molecule has 1 aromatic heterocycles. The molecule has 324 valence electrons. The van der Waals surface area contributed by atoms with Gasteiger partial charge >= 0.3 is 12.3 Å². The van der Waals surface area contributed by atoms with Crippen molar-refractivity contribution < 1.29 is 55.0 Å². The van der Waals surface area contributed by atoms with Crippen LogP contribution in [0.2, 0.25) is 5.02 Å². The number of pyridine rings is 1. The molecule has 1 saturated heterocycles. The molecule has 19 heteroatoms. The van der Waals surface area contributed by atoms with Crippen molar-refractivity contribution in [2.24, 2.45) is 17.8 Å². The summed E-state index contributed by atoms with van der Waals surface area (Å²) >= 11 is 6.45. The Balaban J connectivity index is 1.38. The third kappa shape index (κ3) is 9.08. The number of methoxy groups -OCH3 is 1. The van der Waals surface area contributed by atoms with Gasteiger partial charge in [-0.1, -0.05) is 44.0 Å². The number of rotatable bonds is 9. The zero-order valence-corrected chi connectivity index (χ0v) is 35.4. The second kappa shape index (κ2) is 16.3. The normalized spacial score (nSPS) is 29.2. The number of halogens is 4. The molecule has 3 fully saturated rings. The summed E-state index contributed by atoms with van der Waals surface area (Å²) in [6.45, 7) is 6.42. The second-order valence-corrected chi connectivity index (χ2v) is 19.6. The standard InChI is InChI=1S/C40H51ClF3N5O9S/c1-7-23-16-22(2)10-8-9-11-25-20-39(25,35(52)48-59(54,55)38(5)13-14-38)47-32(50)29-18-26(57-33-27-19-28(41)30(56-6)17-24(27)12-15-45-33)21-49(29)34(51)31(23)46-36(53)58-37(3,4)40(42,43)44/h9,11-12,15,17,19,22-23,25-26,29,31H,7-8,10,13-14,16,18,20-21H2,1-6H3,(H,46,53)(H,47,50)(H,48,52)/b11-9-/t22-,23+,25+,26+,29-,31-,39+/m0/s1. The molecule has 4 aliphatic rings. The van der Waals surface area contributed by atoms with E-state index in [0.717, 1.165) is 0 Å². The summed E-state index contributed by atoms with van der Waals surface area (Å²) < 4.78 is 85.5. The maximum absolute atomic E-state index is 14.9. The van der Waals surface area contributed by atoms with Crippen molar-refractivity contribution in [3.63, 3.8) is 0 Å². The zero-order valence-electron chi connectivity index (χ0n) is 33.8. The number of fused-ring (bicyclic) bond motifs is 3. The van der Waals surface area contributed by atoms with E-state index < -0.39 is 85.9 Å². The third-order valence-electron chi connectivity index (χ3n) is 12.2. The first kappa shape index (κ1) is 44.2. The molecule has 2 aliphatic carbocycles. The van der Waals surface area contributed by atoms with Crippen LogP contribution in [0.1, 0.15) is 86.0 Å². The summed E-state index contributed by atoms with van der Waals surface area (Å²) in [5.74, 6) is -3.14. The molecule has 0 bridgehead atoms. The number of hydrogen-bond donors (Lipinski definition) is 3. The highest BCUT2D eigenvalue weighted by molar-refractivity contribution is 7.91. The third-order valence-corrected chi connectivity index (χ3v) is 14.6. The lowest BCUT2D eigenvalue weighted by Crippen LogP contribution is -2.60. The highest BCUT2D eigenvalue weighted by Gasteiger charge is 2.63. The van der Waals surface area contributed by atoms with E-state index in [1.807, 2.05) is 13.0 Å². The van der Waals surface area contributed by atoms with Crippen molar-refractivity contribution in [3.05, 3.63) is 41.6 Å². The SMILES string of the molecule is CC[C@@H]1C[C@@H](C)CC/C=C\[C@@H]2C[C@@]2(C(=O)NS(=O)(=O)C2(C)CC2)NC(=O)[C@@H]2C[C@@H](Oc3nccc4cc(OC)c(Cl)cc34)CN2C(=O)[C@H]1NC(=O)OC(C)(C)C(F)(F)F. The van der Waals surface area contributed by atoms with Crippen LogP contribution >= 0.6 is 11.6 Å². The van der Waals surface area contributed by atoms with Crippen molar-refractivity contribution in [1.82, 2.24) is 25.2 Å². The summed E-state index contributed by atoms with van der Waals surface area (Å²) in [6.07, 6.45) is 0.404. The molecular weight excluding hydrogens is 819 g/mol. The van der Waals surface area contributed by atoms with Crippen LogP contribution in [0.5, 0.6) is 11.6 Å². The largest absolute Gasteiger partial charge is 0.495 e. The minimum atomic E-state index is -4.92. The van der Waals surface area contributed by atoms with E-state index in [4.69, 9.17) is 25.8 Å². The first-order valence-electron chi connectivity index (χ1n) is 19.8. The van der Waals surface area contributed by atoms with Gasteiger partial charge in [0.1, 0.15) is 29.5 Å². The van der Waals surface area contributed by atoms with Gasteiger partial charge < -0.3 is 29.7 Å². The number of carbonyl (C=O) groups is 4. The lowest BCUT2D eigenvalue weighted by atomic mass is 9.85. The van der Waals surface area contributed by atoms with Gasteiger partial charge in [-0.2, -0.15) is 13.2 Å². The number of alkyl halides is 3. The van der Waals surface area contributed by atoms with Gasteiger partial charge in [0.05, 0.1) is 23.4 Å². The summed E-state index contributed by atoms with van der Waals surface area (Å²) in [5, 5.41) is 6.66. The highest BCUT2D eigenvalue weighted by Crippen LogP contribution is 2.48. The minimum absolute atomic E-state index is 0.0424. The first-order valence-corrected chi connectivity index (χ1v) is 21.6. The van der Waals surface area contributed by atoms with Gasteiger partial charge in [0.25, 0.3) is 5.91 Å². The van der Waals surface area contributed by atoms with Crippen LogP contribution in [-0.2, 0) is 29.1 Å². The van der Waals surface area contributed by atoms with E-state index in [-0.39, 0.29) is 36.2 Å². The van der Waals surface area contributed by atoms with Gasteiger partial charge in [0.2, 0.25) is 33.3 Å². The van der Waals surface area contributed by atoms with Gasteiger partial charge in [-0.3, -0.25) is 19.1 Å². The van der Waals surface area contributed by atoms with Crippen molar-refractivity contribution in [1.29, 1.82) is 0 Å². The van der Waals surface area contributed by atoms with Crippen LogP contribution in [-0.4, -0.2) is 96.0 Å². The number of aromatic nitrogens is 1. The van der Waals surface area contributed by atoms with Crippen LogP contribution in [0.15, 0.2) is 36.5 Å². The molecule has 2 saturated carbocycles. The molecule has 3 heterocycles. The number of carbonyl (C=O) groups excluding carboxylic acids is 4. The topological polar surface area (TPSA) is 182 Å². The van der Waals surface area contributed by atoms with Crippen LogP contribution in [0.4, 0.5) is 18.0 Å². The maximum Gasteiger partial charge on any atom is 0.427 e. The molecule has 2 aliphatic heterocycles. The van der Waals surface area contributed by atoms with Crippen molar-refractivity contribution in [2.75, 3.05) is 13.7 Å². The second-order valence-electron chi connectivity index (χ2n) is 17.0. The van der Waals surface area contributed by atoms with Crippen LogP contribution in [0.3, 0.4) is 0 Å². The smallest absolute Gasteiger partial charge is 0.427 e. The molecule has 0 radical (unpaired) electrons. The van der Waals surface area contributed by atoms with Crippen LogP contribution in [0.25, 0.3) is 10.8 Å². The van der Waals surface area contributed by atoms with Crippen molar-refractivity contribution in [2.45, 2.75) is 126 Å². The van der Waals surface area contributed by atoms with Gasteiger partial charge in [0, 0.05) is 23.9 Å². The number of amides is 4. The molecule has 3 N–H and O–H groups in total. The number of hydrogen-bond acceptors (Lipinski definition) is 10. The highest BCUT2D eigenvalue weighted by atomic mass is 35.5. The quantitative estimate of drug-likeness (QED) is 0.255. The van der Waals surface area contributed by atoms with E-state index >= 15 is 0 Å². The van der Waals surface area contributed by atoms with Gasteiger partial charge in [0.15, 0.2) is 0 Å². The van der Waals surface area contributed by atoms with E-state index in [1.165, 1.54) is 25.1 Å². The summed E-state index contributed by atoms with van der Waals surface area (Å²) in [7, 11) is -2.62. The van der Waals surface area contributed by atoms with Gasteiger partial charge in [-0.25, -0.2) is 18.2 Å². The summed E-state index contributed by atoms with van der Waals surface area (Å²) in [4.78, 5) is 62.2. The number of nitrogens with one attached hydrogen (secondary N) is 3. The Morgan fingerprint density at radius 2 is 1.86 bits per heavy atom. The first-order chi connectivity index (χ1) is 27.5. The van der Waals surface area contributed by atoms with Crippen molar-refractivity contribution in [3.8, 4) is 11.6 Å². The number of benzene rings is 1. The fourth-order valence-electron chi connectivity index (χ4n) is 7.82. The minimum Gasteiger partial charge on any atom is -0.495 e. The molecule has 7 atom stereocenters. The van der Waals surface area contributed by atoms with Crippen LogP contribution in [0, 0.1) is 17.8 Å². The van der Waals surface area contributed by atoms with E-state index in [1.54, 1.807) is 31.2 Å². The average molecular weight is 870 g/mol. The molecular formula is C40H51ClF3N5O9S. The average Bonchev–Trinajstić information content (AvgIpc) is 4.03. The van der Waals surface area contributed by atoms with Gasteiger partial charge in [-0.05, 0) is 94.7 Å². The Hall–Kier alpha value is -4.32. The fourth-order valence-corrected chi connectivity index (χ4v) is 9.37. The lowest BCUT2D eigenvalue weighted by Gasteiger charge is -2.35. The number of alkyl carbamates (subject to hydrolysis) is 1. The Morgan fingerprint density at radius 3 is 2.51 bits per heavy atom. The van der Waals surface area contributed by atoms with Crippen LogP contribution < -0.4 is 24.8 Å². The Morgan fingerprint density at radius 1 is 1.15 bits per heavy atom. The fraction of sp³-hybridized carbons (Fsp3) is 0.625. The van der Waals surface area contributed by atoms with E-state index in [0.29, 0.717) is 68.9 Å². The monoisotopic (exact) mass is 869 g/mol. The number of sulfonamides is 1. The van der Waals surface area contributed by atoms with Gasteiger partial charge in [-0.15, -0.1) is 0 Å². The summed E-state index contributed by atoms with van der Waals surface area (Å²) in [5.41, 5.74) is -4.55. The predicted molar refractivity (Wildman–Crippen MR) is 211 cm³/mol. The molecule has 2 aromatic rings. The Bertz CT molecular complexity index is 2130. The number of nitrogens with zero attached hydrogens (tertiary/aromatic N) is 2. The molecule has 14 nitrogen and oxygen atoms in total. The molecule has 0 unspecified atom stereocenters. The maximum atomic E-state index is 14.9. The molecule has 1 aromatic carbocycles. The number of ether oxygens (including phenoxy) is 3. The van der Waals surface area contributed by atoms with E-state index in [9.17, 15) is 40.8 Å². The molecule has 4 amide bonds. The van der Waals surface area contributed by atoms with Crippen molar-refractivity contribution >= 4 is 56.2 Å². The van der Waals surface area contributed by atoms with E-state index in [2.05, 4.69) is 20.3 Å². The molecule has 0 spiro atoms. The lowest BCUT2D eigenvalue weighted by molar-refractivity contribution is -0.244. The summed E-state index contributed by atoms with van der Waals surface area (Å²) in [6, 6.07) is 2.23. The molecule has 59 heavy (non-hydrogen) atoms. The number of allylic oxidation sites excluding steroid dienone is 1. The predicted octanol–water partition coefficient (Wildman–Crippen LogP) is 5.96. The zero-order chi connectivity index (χ0) is 43.3. The Kier molecular flexibility index (Phi) is 12.2. The Labute approximate surface area is 346 Å².